The van der Waals surface area contributed by atoms with Gasteiger partial charge in [-0.1, -0.05) is 6.07 Å². The van der Waals surface area contributed by atoms with Crippen LogP contribution in [0.4, 0.5) is 4.39 Å². The van der Waals surface area contributed by atoms with Gasteiger partial charge in [0.15, 0.2) is 0 Å². The Balaban J connectivity index is 2.92. The molecule has 0 aliphatic heterocycles. The Morgan fingerprint density at radius 3 is 2.77 bits per heavy atom. The summed E-state index contributed by atoms with van der Waals surface area (Å²) in [5.41, 5.74) is 1.10. The normalized spacial score (nSPS) is 10.6. The second kappa shape index (κ2) is 3.80. The van der Waals surface area contributed by atoms with Gasteiger partial charge in [-0.05, 0) is 30.2 Å². The molecule has 1 rings (SSSR count). The fraction of sp³-hybridized carbons (Fsp3) is 0.111. The predicted octanol–water partition coefficient (Wildman–Crippen LogP) is 2.38. The van der Waals surface area contributed by atoms with E-state index in [1.54, 1.807) is 13.0 Å². The molecular formula is C9H8FNO2. The molecule has 13 heavy (non-hydrogen) atoms. The Labute approximate surface area is 74.7 Å². The summed E-state index contributed by atoms with van der Waals surface area (Å²) in [6.07, 6.45) is 2.15. The number of halogens is 1. The number of benzene rings is 1. The number of hydrogen-bond donors (Lipinski definition) is 0. The van der Waals surface area contributed by atoms with Gasteiger partial charge >= 0.3 is 0 Å². The van der Waals surface area contributed by atoms with Gasteiger partial charge in [0.1, 0.15) is 5.82 Å². The van der Waals surface area contributed by atoms with Crippen molar-refractivity contribution in [2.45, 2.75) is 6.92 Å². The minimum Gasteiger partial charge on any atom is -0.259 e. The third-order valence-corrected chi connectivity index (χ3v) is 1.57. The first-order valence-corrected chi connectivity index (χ1v) is 3.67. The maximum atomic E-state index is 12.7. The first-order chi connectivity index (χ1) is 6.09. The summed E-state index contributed by atoms with van der Waals surface area (Å²) < 4.78 is 12.7. The first-order valence-electron chi connectivity index (χ1n) is 3.67. The Hall–Kier alpha value is -1.71. The van der Waals surface area contributed by atoms with E-state index in [0.717, 1.165) is 6.20 Å². The van der Waals surface area contributed by atoms with Crippen LogP contribution < -0.4 is 0 Å². The highest BCUT2D eigenvalue weighted by Gasteiger charge is 1.96. The smallest absolute Gasteiger partial charge is 0.235 e. The van der Waals surface area contributed by atoms with Crippen LogP contribution in [0.15, 0.2) is 24.4 Å². The van der Waals surface area contributed by atoms with Crippen LogP contribution in [-0.4, -0.2) is 4.92 Å². The van der Waals surface area contributed by atoms with Crippen molar-refractivity contribution < 1.29 is 9.31 Å². The molecule has 4 heteroatoms. The molecule has 0 N–H and O–H groups in total. The number of nitro groups is 1. The highest BCUT2D eigenvalue weighted by molar-refractivity contribution is 5.49. The third-order valence-electron chi connectivity index (χ3n) is 1.57. The molecule has 0 bridgehead atoms. The van der Waals surface area contributed by atoms with Gasteiger partial charge in [-0.25, -0.2) is 4.39 Å². The van der Waals surface area contributed by atoms with E-state index in [1.807, 2.05) is 0 Å². The second-order valence-electron chi connectivity index (χ2n) is 2.61. The van der Waals surface area contributed by atoms with Gasteiger partial charge in [-0.3, -0.25) is 10.1 Å². The van der Waals surface area contributed by atoms with E-state index < -0.39 is 4.92 Å². The van der Waals surface area contributed by atoms with Crippen LogP contribution in [-0.2, 0) is 0 Å². The van der Waals surface area contributed by atoms with Crippen molar-refractivity contribution in [2.24, 2.45) is 0 Å². The van der Waals surface area contributed by atoms with Gasteiger partial charge in [0.2, 0.25) is 6.20 Å². The van der Waals surface area contributed by atoms with Crippen LogP contribution in [0.2, 0.25) is 0 Å². The van der Waals surface area contributed by atoms with Crippen molar-refractivity contribution in [3.8, 4) is 0 Å². The molecule has 0 atom stereocenters. The van der Waals surface area contributed by atoms with Gasteiger partial charge in [0, 0.05) is 6.08 Å². The van der Waals surface area contributed by atoms with E-state index in [4.69, 9.17) is 0 Å². The minimum atomic E-state index is -0.557. The quantitative estimate of drug-likeness (QED) is 0.519. The molecule has 0 fully saturated rings. The minimum absolute atomic E-state index is 0.307. The summed E-state index contributed by atoms with van der Waals surface area (Å²) in [6.45, 7) is 1.61. The Bertz CT molecular complexity index is 361. The lowest BCUT2D eigenvalue weighted by molar-refractivity contribution is -0.400. The van der Waals surface area contributed by atoms with Gasteiger partial charge in [-0.15, -0.1) is 0 Å². The van der Waals surface area contributed by atoms with E-state index in [0.29, 0.717) is 11.1 Å². The van der Waals surface area contributed by atoms with E-state index >= 15 is 0 Å². The van der Waals surface area contributed by atoms with Crippen molar-refractivity contribution in [3.63, 3.8) is 0 Å². The van der Waals surface area contributed by atoms with Crippen molar-refractivity contribution >= 4 is 6.08 Å². The fourth-order valence-electron chi connectivity index (χ4n) is 0.918. The molecule has 0 aromatic heterocycles. The Morgan fingerprint density at radius 1 is 1.54 bits per heavy atom. The molecule has 3 nitrogen and oxygen atoms in total. The SMILES string of the molecule is Cc1cc(/C=C/[N+](=O)[O-])ccc1F. The zero-order valence-corrected chi connectivity index (χ0v) is 7.03. The number of hydrogen-bond acceptors (Lipinski definition) is 2. The fourth-order valence-corrected chi connectivity index (χ4v) is 0.918. The van der Waals surface area contributed by atoms with Crippen LogP contribution in [0.1, 0.15) is 11.1 Å². The van der Waals surface area contributed by atoms with E-state index in [1.165, 1.54) is 18.2 Å². The standard InChI is InChI=1S/C9H8FNO2/c1-7-6-8(2-3-9(7)10)4-5-11(12)13/h2-6H,1H3/b5-4+. The highest BCUT2D eigenvalue weighted by atomic mass is 19.1. The Morgan fingerprint density at radius 2 is 2.23 bits per heavy atom. The number of nitrogens with zero attached hydrogens (tertiary/aromatic N) is 1. The molecule has 0 radical (unpaired) electrons. The predicted molar refractivity (Wildman–Crippen MR) is 47.2 cm³/mol. The first kappa shape index (κ1) is 9.38. The maximum absolute atomic E-state index is 12.7. The van der Waals surface area contributed by atoms with Gasteiger partial charge in [0.05, 0.1) is 4.92 Å². The zero-order chi connectivity index (χ0) is 9.84. The second-order valence-corrected chi connectivity index (χ2v) is 2.61. The van der Waals surface area contributed by atoms with E-state index in [-0.39, 0.29) is 5.82 Å². The average molecular weight is 181 g/mol. The van der Waals surface area contributed by atoms with Crippen LogP contribution in [0.25, 0.3) is 6.08 Å². The van der Waals surface area contributed by atoms with E-state index in [9.17, 15) is 14.5 Å². The summed E-state index contributed by atoms with van der Waals surface area (Å²) in [5.74, 6) is -0.307. The lowest BCUT2D eigenvalue weighted by atomic mass is 10.1. The molecule has 1 aromatic carbocycles. The molecule has 1 aromatic rings. The summed E-state index contributed by atoms with van der Waals surface area (Å²) in [7, 11) is 0. The molecule has 0 aliphatic carbocycles. The molecule has 0 aliphatic rings. The van der Waals surface area contributed by atoms with Crippen molar-refractivity contribution in [2.75, 3.05) is 0 Å². The van der Waals surface area contributed by atoms with Crippen LogP contribution in [0.3, 0.4) is 0 Å². The van der Waals surface area contributed by atoms with Crippen LogP contribution in [0.5, 0.6) is 0 Å². The molecule has 0 saturated heterocycles. The monoisotopic (exact) mass is 181 g/mol. The van der Waals surface area contributed by atoms with Gasteiger partial charge in [0.25, 0.3) is 0 Å². The molecule has 0 saturated carbocycles. The summed E-state index contributed by atoms with van der Waals surface area (Å²) in [6, 6.07) is 4.33. The third kappa shape index (κ3) is 2.66. The molecular weight excluding hydrogens is 173 g/mol. The van der Waals surface area contributed by atoms with Crippen LogP contribution in [0, 0.1) is 22.9 Å². The van der Waals surface area contributed by atoms with Crippen molar-refractivity contribution in [3.05, 3.63) is 51.5 Å². The van der Waals surface area contributed by atoms with Crippen molar-refractivity contribution in [1.82, 2.24) is 0 Å². The number of rotatable bonds is 2. The highest BCUT2D eigenvalue weighted by Crippen LogP contribution is 2.10. The summed E-state index contributed by atoms with van der Waals surface area (Å²) in [4.78, 5) is 9.41. The summed E-state index contributed by atoms with van der Waals surface area (Å²) >= 11 is 0. The average Bonchev–Trinajstić information content (AvgIpc) is 2.07. The largest absolute Gasteiger partial charge is 0.259 e. The molecule has 0 heterocycles. The van der Waals surface area contributed by atoms with Crippen LogP contribution >= 0.6 is 0 Å². The maximum Gasteiger partial charge on any atom is 0.235 e. The lowest BCUT2D eigenvalue weighted by Crippen LogP contribution is -1.85. The molecule has 0 amide bonds. The molecule has 68 valence electrons. The van der Waals surface area contributed by atoms with Crippen molar-refractivity contribution in [1.29, 1.82) is 0 Å². The van der Waals surface area contributed by atoms with E-state index in [2.05, 4.69) is 0 Å². The lowest BCUT2D eigenvalue weighted by Gasteiger charge is -1.96. The zero-order valence-electron chi connectivity index (χ0n) is 7.03. The topological polar surface area (TPSA) is 43.1 Å². The summed E-state index contributed by atoms with van der Waals surface area (Å²) in [5, 5.41) is 9.97. The molecule has 0 spiro atoms. The molecule has 0 unspecified atom stereocenters. The number of aryl methyl sites for hydroxylation is 1. The van der Waals surface area contributed by atoms with Gasteiger partial charge in [-0.2, -0.15) is 0 Å². The van der Waals surface area contributed by atoms with Gasteiger partial charge < -0.3 is 0 Å². The Kier molecular flexibility index (Phi) is 2.74.